The minimum Gasteiger partial charge on any atom is -0.497 e. The summed E-state index contributed by atoms with van der Waals surface area (Å²) < 4.78 is 31.2. The molecule has 20 heavy (non-hydrogen) atoms. The van der Waals surface area contributed by atoms with Gasteiger partial charge in [0.15, 0.2) is 0 Å². The lowest BCUT2D eigenvalue weighted by Crippen LogP contribution is -2.41. The molecule has 0 saturated carbocycles. The first-order valence-electron chi connectivity index (χ1n) is 6.35. The summed E-state index contributed by atoms with van der Waals surface area (Å²) in [6.07, 6.45) is 0. The summed E-state index contributed by atoms with van der Waals surface area (Å²) in [5.74, 6) is -0.356. The molecule has 0 aromatic heterocycles. The van der Waals surface area contributed by atoms with E-state index in [9.17, 15) is 4.39 Å². The third-order valence-corrected chi connectivity index (χ3v) is 3.97. The largest absolute Gasteiger partial charge is 0.501 e. The third-order valence-electron chi connectivity index (χ3n) is 3.97. The van der Waals surface area contributed by atoms with Crippen molar-refractivity contribution in [3.8, 4) is 11.8 Å². The van der Waals surface area contributed by atoms with Crippen LogP contribution in [0.4, 0.5) is 4.39 Å². The van der Waals surface area contributed by atoms with Crippen molar-refractivity contribution in [1.29, 1.82) is 5.26 Å². The molecule has 0 bridgehead atoms. The van der Waals surface area contributed by atoms with Crippen LogP contribution in [0.3, 0.4) is 0 Å². The number of methoxy groups -OCH3 is 1. The molecule has 1 aliphatic heterocycles. The highest BCUT2D eigenvalue weighted by atomic mass is 19.1. The van der Waals surface area contributed by atoms with Crippen molar-refractivity contribution in [2.24, 2.45) is 0 Å². The molecule has 1 saturated heterocycles. The number of ether oxygens (including phenoxy) is 1. The van der Waals surface area contributed by atoms with Gasteiger partial charge in [-0.2, -0.15) is 5.26 Å². The van der Waals surface area contributed by atoms with Gasteiger partial charge in [-0.25, -0.2) is 4.39 Å². The van der Waals surface area contributed by atoms with Gasteiger partial charge in [-0.15, -0.1) is 0 Å². The summed E-state index contributed by atoms with van der Waals surface area (Å²) in [4.78, 5) is 0. The van der Waals surface area contributed by atoms with Gasteiger partial charge in [0.25, 0.3) is 0 Å². The standard InChI is InChI=1S/C14H17BFNO3/c1-13(2)14(3,4)20-15(19-13)11-10(18-5)7-6-9(8-17)12(11)16/h6-7H,1-5H3. The fraction of sp³-hybridized carbons (Fsp3) is 0.500. The number of benzene rings is 1. The number of nitriles is 1. The maximum Gasteiger partial charge on any atom is 0.501 e. The number of nitrogens with zero attached hydrogens (tertiary/aromatic N) is 1. The Morgan fingerprint density at radius 3 is 2.20 bits per heavy atom. The fourth-order valence-electron chi connectivity index (χ4n) is 2.02. The van der Waals surface area contributed by atoms with E-state index in [1.54, 1.807) is 6.07 Å². The molecule has 4 nitrogen and oxygen atoms in total. The number of rotatable bonds is 2. The first-order chi connectivity index (χ1) is 9.23. The lowest BCUT2D eigenvalue weighted by Gasteiger charge is -2.32. The van der Waals surface area contributed by atoms with Crippen molar-refractivity contribution < 1.29 is 18.4 Å². The molecule has 0 atom stereocenters. The number of hydrogen-bond donors (Lipinski definition) is 0. The Kier molecular flexibility index (Phi) is 3.53. The van der Waals surface area contributed by atoms with E-state index in [-0.39, 0.29) is 11.0 Å². The van der Waals surface area contributed by atoms with E-state index in [1.807, 2.05) is 33.8 Å². The van der Waals surface area contributed by atoms with Gasteiger partial charge < -0.3 is 14.0 Å². The summed E-state index contributed by atoms with van der Waals surface area (Å²) in [5, 5.41) is 8.94. The van der Waals surface area contributed by atoms with Gasteiger partial charge in [0.05, 0.1) is 29.3 Å². The summed E-state index contributed by atoms with van der Waals surface area (Å²) in [6, 6.07) is 4.73. The van der Waals surface area contributed by atoms with Crippen LogP contribution in [0, 0.1) is 17.1 Å². The van der Waals surface area contributed by atoms with Crippen LogP contribution in [0.15, 0.2) is 12.1 Å². The zero-order valence-corrected chi connectivity index (χ0v) is 12.3. The Labute approximate surface area is 118 Å². The lowest BCUT2D eigenvalue weighted by atomic mass is 9.77. The van der Waals surface area contributed by atoms with Crippen molar-refractivity contribution in [2.45, 2.75) is 38.9 Å². The predicted molar refractivity (Wildman–Crippen MR) is 73.4 cm³/mol. The zero-order chi connectivity index (χ0) is 15.1. The second kappa shape index (κ2) is 4.76. The van der Waals surface area contributed by atoms with E-state index in [4.69, 9.17) is 19.3 Å². The molecule has 1 fully saturated rings. The second-order valence-electron chi connectivity index (χ2n) is 5.74. The van der Waals surface area contributed by atoms with Crippen LogP contribution in [0.25, 0.3) is 0 Å². The molecule has 0 spiro atoms. The molecule has 1 aromatic carbocycles. The summed E-state index contributed by atoms with van der Waals surface area (Å²) in [7, 11) is 0.540. The van der Waals surface area contributed by atoms with Crippen LogP contribution in [0.2, 0.25) is 0 Å². The van der Waals surface area contributed by atoms with E-state index < -0.39 is 24.1 Å². The number of halogens is 1. The van der Waals surface area contributed by atoms with Gasteiger partial charge in [-0.1, -0.05) is 0 Å². The van der Waals surface area contributed by atoms with E-state index in [0.29, 0.717) is 5.75 Å². The Balaban J connectivity index is 2.52. The van der Waals surface area contributed by atoms with Crippen LogP contribution >= 0.6 is 0 Å². The van der Waals surface area contributed by atoms with E-state index in [2.05, 4.69) is 0 Å². The highest BCUT2D eigenvalue weighted by Gasteiger charge is 2.53. The first kappa shape index (κ1) is 14.8. The minimum atomic E-state index is -0.900. The monoisotopic (exact) mass is 277 g/mol. The smallest absolute Gasteiger partial charge is 0.497 e. The molecule has 106 valence electrons. The minimum absolute atomic E-state index is 0.0597. The van der Waals surface area contributed by atoms with Gasteiger partial charge in [-0.3, -0.25) is 0 Å². The summed E-state index contributed by atoms with van der Waals surface area (Å²) >= 11 is 0. The van der Waals surface area contributed by atoms with Crippen molar-refractivity contribution in [3.05, 3.63) is 23.5 Å². The topological polar surface area (TPSA) is 51.5 Å². The van der Waals surface area contributed by atoms with Crippen LogP contribution in [-0.4, -0.2) is 25.4 Å². The van der Waals surface area contributed by atoms with Gasteiger partial charge >= 0.3 is 7.12 Å². The molecule has 0 unspecified atom stereocenters. The molecular weight excluding hydrogens is 260 g/mol. The summed E-state index contributed by atoms with van der Waals surface area (Å²) in [5.41, 5.74) is -1.10. The van der Waals surface area contributed by atoms with Gasteiger partial charge in [0.1, 0.15) is 17.6 Å². The highest BCUT2D eigenvalue weighted by Crippen LogP contribution is 2.37. The summed E-state index contributed by atoms with van der Waals surface area (Å²) in [6.45, 7) is 7.52. The predicted octanol–water partition coefficient (Wildman–Crippen LogP) is 2.01. The normalized spacial score (nSPS) is 19.8. The molecule has 0 radical (unpaired) electrons. The fourth-order valence-corrected chi connectivity index (χ4v) is 2.02. The average Bonchev–Trinajstić information content (AvgIpc) is 2.57. The highest BCUT2D eigenvalue weighted by molar-refractivity contribution is 6.63. The van der Waals surface area contributed by atoms with Crippen LogP contribution in [0.1, 0.15) is 33.3 Å². The van der Waals surface area contributed by atoms with Crippen LogP contribution < -0.4 is 10.2 Å². The average molecular weight is 277 g/mol. The van der Waals surface area contributed by atoms with Crippen LogP contribution in [-0.2, 0) is 9.31 Å². The number of hydrogen-bond acceptors (Lipinski definition) is 4. The molecule has 2 rings (SSSR count). The van der Waals surface area contributed by atoms with Gasteiger partial charge in [0.2, 0.25) is 0 Å². The van der Waals surface area contributed by atoms with Gasteiger partial charge in [0, 0.05) is 0 Å². The third kappa shape index (κ3) is 2.17. The van der Waals surface area contributed by atoms with E-state index in [0.717, 1.165) is 0 Å². The van der Waals surface area contributed by atoms with E-state index >= 15 is 0 Å². The Bertz CT molecular complexity index is 565. The van der Waals surface area contributed by atoms with Crippen molar-refractivity contribution >= 4 is 12.6 Å². The molecule has 1 aliphatic rings. The SMILES string of the molecule is COc1ccc(C#N)c(F)c1B1OC(C)(C)C(C)(C)O1. The Morgan fingerprint density at radius 2 is 1.75 bits per heavy atom. The first-order valence-corrected chi connectivity index (χ1v) is 6.35. The van der Waals surface area contributed by atoms with Crippen LogP contribution in [0.5, 0.6) is 5.75 Å². The molecule has 6 heteroatoms. The second-order valence-corrected chi connectivity index (χ2v) is 5.74. The van der Waals surface area contributed by atoms with Gasteiger partial charge in [-0.05, 0) is 39.8 Å². The maximum atomic E-state index is 14.4. The molecule has 1 heterocycles. The molecule has 0 aliphatic carbocycles. The lowest BCUT2D eigenvalue weighted by molar-refractivity contribution is 0.00578. The van der Waals surface area contributed by atoms with E-state index in [1.165, 1.54) is 13.2 Å². The molecular formula is C14H17BFNO3. The van der Waals surface area contributed by atoms with Crippen molar-refractivity contribution in [2.75, 3.05) is 7.11 Å². The molecule has 1 aromatic rings. The quantitative estimate of drug-likeness (QED) is 0.776. The molecule has 0 amide bonds. The van der Waals surface area contributed by atoms with Crippen molar-refractivity contribution in [1.82, 2.24) is 0 Å². The Morgan fingerprint density at radius 1 is 1.20 bits per heavy atom. The zero-order valence-electron chi connectivity index (χ0n) is 12.3. The Hall–Kier alpha value is -1.58. The maximum absolute atomic E-state index is 14.4. The molecule has 0 N–H and O–H groups in total. The van der Waals surface area contributed by atoms with Crippen molar-refractivity contribution in [3.63, 3.8) is 0 Å².